The van der Waals surface area contributed by atoms with Gasteiger partial charge in [-0.1, -0.05) is 41.5 Å². The molecule has 0 bridgehead atoms. The molecule has 1 unspecified atom stereocenters. The monoisotopic (exact) mass is 260 g/mol. The third-order valence-electron chi connectivity index (χ3n) is 2.90. The van der Waals surface area contributed by atoms with Crippen molar-refractivity contribution >= 4 is 0 Å². The lowest BCUT2D eigenvalue weighted by molar-refractivity contribution is 0.0616. The fourth-order valence-corrected chi connectivity index (χ4v) is 1.72. The van der Waals surface area contributed by atoms with Crippen molar-refractivity contribution in [3.05, 3.63) is 0 Å². The SMILES string of the molecule is CC.CC.CC1CCCOC1.CC1CCOCC1. The van der Waals surface area contributed by atoms with E-state index in [0.29, 0.717) is 0 Å². The summed E-state index contributed by atoms with van der Waals surface area (Å²) in [5.74, 6) is 1.72. The molecule has 2 fully saturated rings. The van der Waals surface area contributed by atoms with Gasteiger partial charge in [-0.3, -0.25) is 0 Å². The number of hydrogen-bond acceptors (Lipinski definition) is 2. The molecule has 0 N–H and O–H groups in total. The summed E-state index contributed by atoms with van der Waals surface area (Å²) in [4.78, 5) is 0. The van der Waals surface area contributed by atoms with Gasteiger partial charge in [0.2, 0.25) is 0 Å². The van der Waals surface area contributed by atoms with E-state index in [-0.39, 0.29) is 0 Å². The molecule has 1 atom stereocenters. The van der Waals surface area contributed by atoms with Crippen LogP contribution in [0.15, 0.2) is 0 Å². The predicted molar refractivity (Wildman–Crippen MR) is 81.1 cm³/mol. The molecule has 0 aromatic carbocycles. The van der Waals surface area contributed by atoms with Gasteiger partial charge in [0.15, 0.2) is 0 Å². The first-order valence-corrected chi connectivity index (χ1v) is 7.94. The molecule has 18 heavy (non-hydrogen) atoms. The van der Waals surface area contributed by atoms with Crippen molar-refractivity contribution in [2.24, 2.45) is 11.8 Å². The Bertz CT molecular complexity index is 109. The first-order valence-electron chi connectivity index (χ1n) is 7.94. The molecule has 2 aliphatic heterocycles. The highest BCUT2D eigenvalue weighted by Gasteiger charge is 2.06. The Labute approximate surface area is 115 Å². The van der Waals surface area contributed by atoms with Crippen molar-refractivity contribution in [1.29, 1.82) is 0 Å². The van der Waals surface area contributed by atoms with Crippen molar-refractivity contribution in [1.82, 2.24) is 0 Å². The van der Waals surface area contributed by atoms with E-state index >= 15 is 0 Å². The highest BCUT2D eigenvalue weighted by molar-refractivity contribution is 4.56. The van der Waals surface area contributed by atoms with Crippen LogP contribution in [-0.2, 0) is 9.47 Å². The summed E-state index contributed by atoms with van der Waals surface area (Å²) in [6.07, 6.45) is 5.15. The molecule has 2 saturated heterocycles. The smallest absolute Gasteiger partial charge is 0.0491 e. The zero-order valence-electron chi connectivity index (χ0n) is 13.6. The lowest BCUT2D eigenvalue weighted by Crippen LogP contribution is -2.13. The van der Waals surface area contributed by atoms with E-state index in [1.165, 1.54) is 25.7 Å². The van der Waals surface area contributed by atoms with Crippen LogP contribution in [0.2, 0.25) is 0 Å². The quantitative estimate of drug-likeness (QED) is 0.615. The maximum absolute atomic E-state index is 5.18. The summed E-state index contributed by atoms with van der Waals surface area (Å²) < 4.78 is 10.3. The minimum absolute atomic E-state index is 0.814. The highest BCUT2D eigenvalue weighted by atomic mass is 16.5. The van der Waals surface area contributed by atoms with E-state index in [1.54, 1.807) is 0 Å². The van der Waals surface area contributed by atoms with Gasteiger partial charge in [0.25, 0.3) is 0 Å². The second kappa shape index (κ2) is 16.9. The van der Waals surface area contributed by atoms with Crippen LogP contribution in [0.25, 0.3) is 0 Å². The Balaban J connectivity index is 0. The molecule has 0 aliphatic carbocycles. The average Bonchev–Trinajstić information content (AvgIpc) is 2.46. The number of ether oxygens (including phenoxy) is 2. The fraction of sp³-hybridized carbons (Fsp3) is 1.00. The molecular formula is C16H36O2. The summed E-state index contributed by atoms with van der Waals surface area (Å²) in [6.45, 7) is 16.5. The highest BCUT2D eigenvalue weighted by Crippen LogP contribution is 2.12. The third kappa shape index (κ3) is 14.0. The van der Waals surface area contributed by atoms with Crippen LogP contribution in [0.4, 0.5) is 0 Å². The predicted octanol–water partition coefficient (Wildman–Crippen LogP) is 4.92. The largest absolute Gasteiger partial charge is 0.381 e. The standard InChI is InChI=1S/2C6H12O.2C2H6/c1-6-2-4-7-5-3-6;1-6-3-2-4-7-5-6;2*1-2/h2*6H,2-5H2,1H3;2*1-2H3. The lowest BCUT2D eigenvalue weighted by atomic mass is 10.0. The second-order valence-electron chi connectivity index (χ2n) is 4.62. The van der Waals surface area contributed by atoms with Crippen LogP contribution < -0.4 is 0 Å². The van der Waals surface area contributed by atoms with Gasteiger partial charge in [0.05, 0.1) is 0 Å². The molecule has 0 radical (unpaired) electrons. The zero-order chi connectivity index (χ0) is 14.2. The minimum Gasteiger partial charge on any atom is -0.381 e. The molecule has 2 aliphatic rings. The van der Waals surface area contributed by atoms with Crippen molar-refractivity contribution in [3.63, 3.8) is 0 Å². The molecule has 112 valence electrons. The Morgan fingerprint density at radius 2 is 1.22 bits per heavy atom. The topological polar surface area (TPSA) is 18.5 Å². The van der Waals surface area contributed by atoms with Gasteiger partial charge in [0, 0.05) is 26.4 Å². The van der Waals surface area contributed by atoms with Crippen LogP contribution in [0.1, 0.15) is 67.2 Å². The molecule has 2 heteroatoms. The van der Waals surface area contributed by atoms with Crippen molar-refractivity contribution in [2.75, 3.05) is 26.4 Å². The van der Waals surface area contributed by atoms with Crippen molar-refractivity contribution < 1.29 is 9.47 Å². The van der Waals surface area contributed by atoms with Crippen LogP contribution in [0.5, 0.6) is 0 Å². The molecular weight excluding hydrogens is 224 g/mol. The van der Waals surface area contributed by atoms with E-state index < -0.39 is 0 Å². The molecule has 2 nitrogen and oxygen atoms in total. The third-order valence-corrected chi connectivity index (χ3v) is 2.90. The maximum atomic E-state index is 5.18. The van der Waals surface area contributed by atoms with Crippen LogP contribution in [0, 0.1) is 11.8 Å². The Kier molecular flexibility index (Phi) is 19.0. The van der Waals surface area contributed by atoms with E-state index in [2.05, 4.69) is 13.8 Å². The molecule has 0 spiro atoms. The Hall–Kier alpha value is -0.0800. The van der Waals surface area contributed by atoms with Crippen molar-refractivity contribution in [2.45, 2.75) is 67.2 Å². The van der Waals surface area contributed by atoms with E-state index in [9.17, 15) is 0 Å². The van der Waals surface area contributed by atoms with E-state index in [1.807, 2.05) is 27.7 Å². The molecule has 2 rings (SSSR count). The Morgan fingerprint density at radius 1 is 0.667 bits per heavy atom. The van der Waals surface area contributed by atoms with Gasteiger partial charge < -0.3 is 9.47 Å². The van der Waals surface area contributed by atoms with Crippen LogP contribution >= 0.6 is 0 Å². The fourth-order valence-electron chi connectivity index (χ4n) is 1.72. The van der Waals surface area contributed by atoms with Gasteiger partial charge in [-0.2, -0.15) is 0 Å². The summed E-state index contributed by atoms with van der Waals surface area (Å²) >= 11 is 0. The summed E-state index contributed by atoms with van der Waals surface area (Å²) in [5.41, 5.74) is 0. The molecule has 0 saturated carbocycles. The average molecular weight is 260 g/mol. The summed E-state index contributed by atoms with van der Waals surface area (Å²) in [7, 11) is 0. The summed E-state index contributed by atoms with van der Waals surface area (Å²) in [5, 5.41) is 0. The number of rotatable bonds is 0. The van der Waals surface area contributed by atoms with Crippen LogP contribution in [-0.4, -0.2) is 26.4 Å². The van der Waals surface area contributed by atoms with Gasteiger partial charge in [-0.15, -0.1) is 0 Å². The molecule has 0 aromatic heterocycles. The minimum atomic E-state index is 0.814. The van der Waals surface area contributed by atoms with Crippen molar-refractivity contribution in [3.8, 4) is 0 Å². The van der Waals surface area contributed by atoms with Gasteiger partial charge in [-0.05, 0) is 37.5 Å². The maximum Gasteiger partial charge on any atom is 0.0491 e. The van der Waals surface area contributed by atoms with E-state index in [0.717, 1.165) is 38.3 Å². The molecule has 0 amide bonds. The lowest BCUT2D eigenvalue weighted by Gasteiger charge is -2.16. The zero-order valence-corrected chi connectivity index (χ0v) is 13.6. The normalized spacial score (nSPS) is 23.3. The number of hydrogen-bond donors (Lipinski definition) is 0. The van der Waals surface area contributed by atoms with Gasteiger partial charge in [-0.25, -0.2) is 0 Å². The van der Waals surface area contributed by atoms with Gasteiger partial charge in [0.1, 0.15) is 0 Å². The van der Waals surface area contributed by atoms with Crippen LogP contribution in [0.3, 0.4) is 0 Å². The first-order chi connectivity index (χ1) is 8.79. The second-order valence-corrected chi connectivity index (χ2v) is 4.62. The Morgan fingerprint density at radius 3 is 1.44 bits per heavy atom. The molecule has 0 aromatic rings. The first kappa shape index (κ1) is 20.2. The molecule has 2 heterocycles. The van der Waals surface area contributed by atoms with E-state index in [4.69, 9.17) is 9.47 Å². The van der Waals surface area contributed by atoms with Gasteiger partial charge >= 0.3 is 0 Å². The summed E-state index contributed by atoms with van der Waals surface area (Å²) in [6, 6.07) is 0.